The fraction of sp³-hybridized carbons (Fsp3) is 0.556. The number of carbonyl (C=O) groups is 1. The lowest BCUT2D eigenvalue weighted by Crippen LogP contribution is -2.32. The Bertz CT molecular complexity index is 599. The number of carboxylic acid groups (broad SMARTS) is 1. The van der Waals surface area contributed by atoms with Crippen LogP contribution in [0.3, 0.4) is 0 Å². The van der Waals surface area contributed by atoms with Gasteiger partial charge in [0.1, 0.15) is 5.83 Å². The molecule has 4 nitrogen and oxygen atoms in total. The third-order valence-electron chi connectivity index (χ3n) is 4.35. The van der Waals surface area contributed by atoms with E-state index in [1.807, 2.05) is 11.9 Å². The Morgan fingerprint density at radius 3 is 2.83 bits per heavy atom. The van der Waals surface area contributed by atoms with Crippen molar-refractivity contribution < 1.29 is 14.3 Å². The lowest BCUT2D eigenvalue weighted by molar-refractivity contribution is -0.133. The highest BCUT2D eigenvalue weighted by Gasteiger charge is 2.35. The molecular formula is C18H23FN2O2. The summed E-state index contributed by atoms with van der Waals surface area (Å²) < 4.78 is 13.8. The van der Waals surface area contributed by atoms with Crippen LogP contribution >= 0.6 is 0 Å². The van der Waals surface area contributed by atoms with Crippen molar-refractivity contribution in [1.82, 2.24) is 5.01 Å². The highest BCUT2D eigenvalue weighted by molar-refractivity contribution is 6.02. The molecule has 0 aromatic rings. The molecule has 1 unspecified atom stereocenters. The molecule has 0 fully saturated rings. The number of hydrogen-bond donors (Lipinski definition) is 1. The number of nitrogens with zero attached hydrogens (tertiary/aromatic N) is 2. The zero-order valence-electron chi connectivity index (χ0n) is 13.5. The summed E-state index contributed by atoms with van der Waals surface area (Å²) in [6.45, 7) is 2.61. The Kier molecular flexibility index (Phi) is 5.97. The summed E-state index contributed by atoms with van der Waals surface area (Å²) in [5.41, 5.74) is 1.44. The number of aliphatic carboxylic acids is 1. The van der Waals surface area contributed by atoms with Crippen molar-refractivity contribution in [3.05, 3.63) is 23.0 Å². The summed E-state index contributed by atoms with van der Waals surface area (Å²) in [6, 6.07) is -0.137. The second-order valence-corrected chi connectivity index (χ2v) is 6.02. The van der Waals surface area contributed by atoms with E-state index in [9.17, 15) is 9.18 Å². The number of terminal acetylenes is 1. The third-order valence-corrected chi connectivity index (χ3v) is 4.35. The monoisotopic (exact) mass is 318 g/mol. The number of fused-ring (bicyclic) bond motifs is 1. The Balaban J connectivity index is 1.86. The summed E-state index contributed by atoms with van der Waals surface area (Å²) >= 11 is 0. The molecular weight excluding hydrogens is 295 g/mol. The van der Waals surface area contributed by atoms with Gasteiger partial charge >= 0.3 is 5.97 Å². The van der Waals surface area contributed by atoms with Gasteiger partial charge < -0.3 is 5.11 Å². The molecule has 0 amide bonds. The fourth-order valence-electron chi connectivity index (χ4n) is 3.08. The summed E-state index contributed by atoms with van der Waals surface area (Å²) in [6.07, 6.45) is 13.0. The lowest BCUT2D eigenvalue weighted by atomic mass is 9.90. The first-order valence-corrected chi connectivity index (χ1v) is 8.13. The zero-order valence-corrected chi connectivity index (χ0v) is 13.5. The fourth-order valence-corrected chi connectivity index (χ4v) is 3.08. The molecule has 0 saturated carbocycles. The van der Waals surface area contributed by atoms with Gasteiger partial charge in [0, 0.05) is 25.0 Å². The molecule has 1 atom stereocenters. The molecule has 124 valence electrons. The van der Waals surface area contributed by atoms with Crippen LogP contribution in [0.15, 0.2) is 28.2 Å². The Hall–Kier alpha value is -2.09. The molecule has 1 heterocycles. The SMILES string of the molecule is C#CCCCCCCCN1N=C(C)C2=CC(F)=C(C(=O)O)CC21. The third kappa shape index (κ3) is 4.22. The standard InChI is InChI=1S/C18H23FN2O2/c1-3-4-5-6-7-8-9-10-21-17-12-15(18(22)23)16(19)11-14(17)13(2)20-21/h1,11,17H,4-10,12H2,2H3,(H,22,23). The first kappa shape index (κ1) is 17.3. The minimum Gasteiger partial charge on any atom is -0.478 e. The van der Waals surface area contributed by atoms with E-state index in [4.69, 9.17) is 11.5 Å². The van der Waals surface area contributed by atoms with Crippen LogP contribution in [0.1, 0.15) is 51.9 Å². The number of rotatable bonds is 8. The lowest BCUT2D eigenvalue weighted by Gasteiger charge is -2.27. The van der Waals surface area contributed by atoms with Crippen molar-refractivity contribution >= 4 is 11.7 Å². The van der Waals surface area contributed by atoms with Gasteiger partial charge in [-0.05, 0) is 25.8 Å². The molecule has 5 heteroatoms. The minimum atomic E-state index is -1.18. The predicted molar refractivity (Wildman–Crippen MR) is 88.6 cm³/mol. The molecule has 2 rings (SSSR count). The van der Waals surface area contributed by atoms with Gasteiger partial charge in [0.15, 0.2) is 0 Å². The molecule has 0 saturated heterocycles. The van der Waals surface area contributed by atoms with E-state index in [0.717, 1.165) is 56.4 Å². The van der Waals surface area contributed by atoms with E-state index in [1.165, 1.54) is 6.08 Å². The summed E-state index contributed by atoms with van der Waals surface area (Å²) in [5, 5.41) is 15.5. The summed E-state index contributed by atoms with van der Waals surface area (Å²) in [7, 11) is 0. The second kappa shape index (κ2) is 7.96. The van der Waals surface area contributed by atoms with E-state index in [2.05, 4.69) is 11.0 Å². The van der Waals surface area contributed by atoms with Crippen molar-refractivity contribution in [2.45, 2.75) is 57.9 Å². The van der Waals surface area contributed by atoms with Gasteiger partial charge in [-0.25, -0.2) is 9.18 Å². The average molecular weight is 318 g/mol. The van der Waals surface area contributed by atoms with Crippen LogP contribution in [0.25, 0.3) is 0 Å². The van der Waals surface area contributed by atoms with Crippen molar-refractivity contribution in [3.8, 4) is 12.3 Å². The van der Waals surface area contributed by atoms with Crippen molar-refractivity contribution in [3.63, 3.8) is 0 Å². The van der Waals surface area contributed by atoms with Gasteiger partial charge in [-0.3, -0.25) is 5.01 Å². The predicted octanol–water partition coefficient (Wildman–Crippen LogP) is 3.66. The second-order valence-electron chi connectivity index (χ2n) is 6.02. The first-order chi connectivity index (χ1) is 11.0. The maximum atomic E-state index is 13.8. The molecule has 0 spiro atoms. The van der Waals surface area contributed by atoms with Gasteiger partial charge in [0.05, 0.1) is 17.3 Å². The number of unbranched alkanes of at least 4 members (excludes halogenated alkanes) is 5. The van der Waals surface area contributed by atoms with Gasteiger partial charge in [-0.2, -0.15) is 5.10 Å². The van der Waals surface area contributed by atoms with Crippen LogP contribution in [0, 0.1) is 12.3 Å². The van der Waals surface area contributed by atoms with E-state index in [-0.39, 0.29) is 18.0 Å². The van der Waals surface area contributed by atoms with E-state index in [0.29, 0.717) is 0 Å². The van der Waals surface area contributed by atoms with Gasteiger partial charge in [-0.1, -0.05) is 19.3 Å². The molecule has 0 aromatic heterocycles. The molecule has 2 aliphatic rings. The Morgan fingerprint density at radius 2 is 2.13 bits per heavy atom. The van der Waals surface area contributed by atoms with E-state index < -0.39 is 11.8 Å². The molecule has 1 N–H and O–H groups in total. The van der Waals surface area contributed by atoms with Crippen LogP contribution in [-0.4, -0.2) is 34.4 Å². The number of carboxylic acids is 1. The Labute approximate surface area is 136 Å². The number of hydrogen-bond acceptors (Lipinski definition) is 3. The number of hydrazone groups is 1. The van der Waals surface area contributed by atoms with Gasteiger partial charge in [-0.15, -0.1) is 12.3 Å². The van der Waals surface area contributed by atoms with Crippen LogP contribution < -0.4 is 0 Å². The van der Waals surface area contributed by atoms with Crippen molar-refractivity contribution in [2.24, 2.45) is 5.10 Å². The minimum absolute atomic E-state index is 0.137. The highest BCUT2D eigenvalue weighted by atomic mass is 19.1. The summed E-state index contributed by atoms with van der Waals surface area (Å²) in [4.78, 5) is 11.1. The van der Waals surface area contributed by atoms with Crippen LogP contribution in [0.4, 0.5) is 4.39 Å². The molecule has 1 aliphatic carbocycles. The number of allylic oxidation sites excluding steroid dienone is 2. The smallest absolute Gasteiger partial charge is 0.334 e. The van der Waals surface area contributed by atoms with E-state index in [1.54, 1.807) is 0 Å². The maximum Gasteiger partial charge on any atom is 0.334 e. The quantitative estimate of drug-likeness (QED) is 0.549. The van der Waals surface area contributed by atoms with Gasteiger partial charge in [0.25, 0.3) is 0 Å². The largest absolute Gasteiger partial charge is 0.478 e. The van der Waals surface area contributed by atoms with Crippen LogP contribution in [-0.2, 0) is 4.79 Å². The maximum absolute atomic E-state index is 13.8. The van der Waals surface area contributed by atoms with Crippen molar-refractivity contribution in [2.75, 3.05) is 6.54 Å². The molecule has 23 heavy (non-hydrogen) atoms. The van der Waals surface area contributed by atoms with Gasteiger partial charge in [0.2, 0.25) is 0 Å². The van der Waals surface area contributed by atoms with Crippen molar-refractivity contribution in [1.29, 1.82) is 0 Å². The molecule has 0 bridgehead atoms. The van der Waals surface area contributed by atoms with Crippen LogP contribution in [0.2, 0.25) is 0 Å². The zero-order chi connectivity index (χ0) is 16.8. The van der Waals surface area contributed by atoms with Crippen LogP contribution in [0.5, 0.6) is 0 Å². The molecule has 0 radical (unpaired) electrons. The highest BCUT2D eigenvalue weighted by Crippen LogP contribution is 2.34. The average Bonchev–Trinajstić information content (AvgIpc) is 2.81. The van der Waals surface area contributed by atoms with E-state index >= 15 is 0 Å². The Morgan fingerprint density at radius 1 is 1.43 bits per heavy atom. The number of halogens is 1. The summed E-state index contributed by atoms with van der Waals surface area (Å²) in [5.74, 6) is 0.812. The topological polar surface area (TPSA) is 52.9 Å². The first-order valence-electron chi connectivity index (χ1n) is 8.13. The molecule has 0 aromatic carbocycles. The normalized spacial score (nSPS) is 20.0. The molecule has 1 aliphatic heterocycles.